The highest BCUT2D eigenvalue weighted by Crippen LogP contribution is 2.28. The van der Waals surface area contributed by atoms with Gasteiger partial charge in [-0.1, -0.05) is 19.3 Å². The van der Waals surface area contributed by atoms with Crippen molar-refractivity contribution in [2.45, 2.75) is 55.8 Å². The molecule has 118 valence electrons. The minimum absolute atomic E-state index is 0.0357. The zero-order valence-corrected chi connectivity index (χ0v) is 14.0. The van der Waals surface area contributed by atoms with Crippen LogP contribution >= 0.6 is 11.6 Å². The Labute approximate surface area is 131 Å². The lowest BCUT2D eigenvalue weighted by Crippen LogP contribution is -2.38. The Morgan fingerprint density at radius 2 is 1.90 bits per heavy atom. The average molecular weight is 334 g/mol. The van der Waals surface area contributed by atoms with E-state index in [0.717, 1.165) is 32.1 Å². The van der Waals surface area contributed by atoms with Crippen LogP contribution in [0.25, 0.3) is 0 Å². The van der Waals surface area contributed by atoms with Crippen LogP contribution in [0.3, 0.4) is 0 Å². The summed E-state index contributed by atoms with van der Waals surface area (Å²) in [4.78, 5) is 0.130. The normalized spacial score (nSPS) is 17.4. The maximum Gasteiger partial charge on any atom is 0.243 e. The molecule has 2 rings (SSSR count). The molecule has 0 N–H and O–H groups in total. The van der Waals surface area contributed by atoms with E-state index in [1.165, 1.54) is 16.4 Å². The van der Waals surface area contributed by atoms with Gasteiger partial charge in [0.15, 0.2) is 0 Å². The van der Waals surface area contributed by atoms with Crippen molar-refractivity contribution in [1.29, 1.82) is 0 Å². The fourth-order valence-electron chi connectivity index (χ4n) is 2.86. The fourth-order valence-corrected chi connectivity index (χ4v) is 4.61. The Hall–Kier alpha value is -0.650. The van der Waals surface area contributed by atoms with Crippen LogP contribution in [0.1, 0.15) is 43.2 Å². The van der Waals surface area contributed by atoms with Crippen LogP contribution in [0.15, 0.2) is 17.0 Å². The smallest absolute Gasteiger partial charge is 0.207 e. The molecule has 1 fully saturated rings. The topological polar surface area (TPSA) is 37.4 Å². The van der Waals surface area contributed by atoms with Crippen molar-refractivity contribution in [3.63, 3.8) is 0 Å². The maximum absolute atomic E-state index is 13.8. The molecular formula is C15H21ClFNO2S. The van der Waals surface area contributed by atoms with Gasteiger partial charge in [-0.25, -0.2) is 12.8 Å². The number of benzene rings is 1. The molecule has 0 amide bonds. The van der Waals surface area contributed by atoms with Gasteiger partial charge in [-0.3, -0.25) is 0 Å². The number of hydrogen-bond acceptors (Lipinski definition) is 2. The molecule has 0 saturated heterocycles. The van der Waals surface area contributed by atoms with Crippen LogP contribution in [0.2, 0.25) is 0 Å². The molecule has 0 radical (unpaired) electrons. The van der Waals surface area contributed by atoms with Crippen molar-refractivity contribution >= 4 is 21.6 Å². The maximum atomic E-state index is 13.8. The molecule has 0 heterocycles. The molecule has 0 unspecified atom stereocenters. The van der Waals surface area contributed by atoms with Crippen LogP contribution in [0.5, 0.6) is 0 Å². The van der Waals surface area contributed by atoms with Crippen molar-refractivity contribution in [2.24, 2.45) is 0 Å². The van der Waals surface area contributed by atoms with Gasteiger partial charge in [0.05, 0.1) is 10.8 Å². The van der Waals surface area contributed by atoms with Crippen LogP contribution in [-0.4, -0.2) is 25.8 Å². The highest BCUT2D eigenvalue weighted by Gasteiger charge is 2.29. The predicted molar refractivity (Wildman–Crippen MR) is 82.5 cm³/mol. The van der Waals surface area contributed by atoms with E-state index >= 15 is 0 Å². The minimum atomic E-state index is -3.60. The summed E-state index contributed by atoms with van der Waals surface area (Å²) < 4.78 is 40.7. The quantitative estimate of drug-likeness (QED) is 0.785. The van der Waals surface area contributed by atoms with E-state index in [4.69, 9.17) is 11.6 Å². The summed E-state index contributed by atoms with van der Waals surface area (Å²) in [6, 6.07) is 2.78. The SMILES string of the molecule is Cc1cc(S(=O)(=O)N(C)C2CCCCC2)cc(CCl)c1F. The van der Waals surface area contributed by atoms with Crippen molar-refractivity contribution in [1.82, 2.24) is 4.31 Å². The lowest BCUT2D eigenvalue weighted by atomic mass is 9.96. The number of aryl methyl sites for hydroxylation is 1. The molecular weight excluding hydrogens is 313 g/mol. The lowest BCUT2D eigenvalue weighted by molar-refractivity contribution is 0.286. The highest BCUT2D eigenvalue weighted by atomic mass is 35.5. The molecule has 0 aliphatic heterocycles. The van der Waals surface area contributed by atoms with Crippen molar-refractivity contribution in [3.05, 3.63) is 29.1 Å². The van der Waals surface area contributed by atoms with Gasteiger partial charge in [-0.05, 0) is 37.5 Å². The fraction of sp³-hybridized carbons (Fsp3) is 0.600. The van der Waals surface area contributed by atoms with Gasteiger partial charge in [0.2, 0.25) is 10.0 Å². The molecule has 1 aromatic rings. The Bertz CT molecular complexity index is 612. The average Bonchev–Trinajstić information content (AvgIpc) is 2.49. The standard InChI is InChI=1S/C15H21ClFNO2S/c1-11-8-14(9-12(10-16)15(11)17)21(19,20)18(2)13-6-4-3-5-7-13/h8-9,13H,3-7,10H2,1-2H3. The largest absolute Gasteiger partial charge is 0.243 e. The Kier molecular flexibility index (Phi) is 5.28. The third kappa shape index (κ3) is 3.41. The number of sulfonamides is 1. The number of alkyl halides is 1. The van der Waals surface area contributed by atoms with E-state index in [-0.39, 0.29) is 22.4 Å². The molecule has 1 aliphatic carbocycles. The van der Waals surface area contributed by atoms with Gasteiger partial charge in [-0.15, -0.1) is 11.6 Å². The summed E-state index contributed by atoms with van der Waals surface area (Å²) in [5.41, 5.74) is 0.538. The first-order valence-electron chi connectivity index (χ1n) is 7.21. The van der Waals surface area contributed by atoms with Crippen LogP contribution in [0, 0.1) is 12.7 Å². The molecule has 3 nitrogen and oxygen atoms in total. The number of halogens is 2. The van der Waals surface area contributed by atoms with Crippen molar-refractivity contribution in [3.8, 4) is 0 Å². The number of hydrogen-bond donors (Lipinski definition) is 0. The van der Waals surface area contributed by atoms with E-state index in [1.807, 2.05) is 0 Å². The second-order valence-corrected chi connectivity index (χ2v) is 7.92. The summed E-state index contributed by atoms with van der Waals surface area (Å²) in [7, 11) is -1.99. The number of nitrogens with zero attached hydrogens (tertiary/aromatic N) is 1. The van der Waals surface area contributed by atoms with Gasteiger partial charge in [-0.2, -0.15) is 4.31 Å². The molecule has 0 bridgehead atoms. The van der Waals surface area contributed by atoms with Crippen LogP contribution in [0.4, 0.5) is 4.39 Å². The van der Waals surface area contributed by atoms with Crippen LogP contribution < -0.4 is 0 Å². The molecule has 0 atom stereocenters. The van der Waals surface area contributed by atoms with E-state index in [9.17, 15) is 12.8 Å². The molecule has 0 spiro atoms. The van der Waals surface area contributed by atoms with E-state index in [0.29, 0.717) is 5.56 Å². The van der Waals surface area contributed by atoms with Crippen molar-refractivity contribution in [2.75, 3.05) is 7.05 Å². The Morgan fingerprint density at radius 3 is 2.48 bits per heavy atom. The molecule has 6 heteroatoms. The van der Waals surface area contributed by atoms with E-state index < -0.39 is 15.8 Å². The molecule has 0 aromatic heterocycles. The third-order valence-corrected chi connectivity index (χ3v) is 6.39. The summed E-state index contributed by atoms with van der Waals surface area (Å²) >= 11 is 5.71. The third-order valence-electron chi connectivity index (χ3n) is 4.21. The van der Waals surface area contributed by atoms with Gasteiger partial charge in [0.1, 0.15) is 5.82 Å². The second-order valence-electron chi connectivity index (χ2n) is 5.66. The van der Waals surface area contributed by atoms with E-state index in [1.54, 1.807) is 14.0 Å². The highest BCUT2D eigenvalue weighted by molar-refractivity contribution is 7.89. The first kappa shape index (κ1) is 16.7. The Morgan fingerprint density at radius 1 is 1.29 bits per heavy atom. The second kappa shape index (κ2) is 6.63. The van der Waals surface area contributed by atoms with Gasteiger partial charge in [0, 0.05) is 18.7 Å². The van der Waals surface area contributed by atoms with Crippen molar-refractivity contribution < 1.29 is 12.8 Å². The monoisotopic (exact) mass is 333 g/mol. The van der Waals surface area contributed by atoms with Gasteiger partial charge in [0.25, 0.3) is 0 Å². The zero-order chi connectivity index (χ0) is 15.6. The Balaban J connectivity index is 2.36. The first-order chi connectivity index (χ1) is 9.87. The molecule has 1 aromatic carbocycles. The van der Waals surface area contributed by atoms with Gasteiger partial charge < -0.3 is 0 Å². The first-order valence-corrected chi connectivity index (χ1v) is 9.18. The molecule has 1 aliphatic rings. The summed E-state index contributed by atoms with van der Waals surface area (Å²) in [5.74, 6) is -0.465. The lowest BCUT2D eigenvalue weighted by Gasteiger charge is -2.30. The van der Waals surface area contributed by atoms with E-state index in [2.05, 4.69) is 0 Å². The minimum Gasteiger partial charge on any atom is -0.207 e. The summed E-state index contributed by atoms with van der Waals surface area (Å²) in [6.45, 7) is 1.56. The van der Waals surface area contributed by atoms with Crippen LogP contribution in [-0.2, 0) is 15.9 Å². The summed E-state index contributed by atoms with van der Waals surface area (Å²) in [6.07, 6.45) is 5.05. The summed E-state index contributed by atoms with van der Waals surface area (Å²) in [5, 5.41) is 0. The zero-order valence-electron chi connectivity index (χ0n) is 12.4. The molecule has 21 heavy (non-hydrogen) atoms. The molecule has 1 saturated carbocycles. The number of rotatable bonds is 4. The predicted octanol–water partition coefficient (Wildman–Crippen LogP) is 3.83. The van der Waals surface area contributed by atoms with Gasteiger partial charge >= 0.3 is 0 Å².